The second kappa shape index (κ2) is 7.49. The number of hydrogen-bond donors (Lipinski definition) is 1. The molecule has 2 aliphatic rings. The number of nitrogens with one attached hydrogen (secondary N) is 1. The minimum Gasteiger partial charge on any atom is -0.441 e. The van der Waals surface area contributed by atoms with Gasteiger partial charge in [0.2, 0.25) is 0 Å². The van der Waals surface area contributed by atoms with Crippen LogP contribution in [-0.4, -0.2) is 44.1 Å². The predicted octanol–water partition coefficient (Wildman–Crippen LogP) is 2.44. The van der Waals surface area contributed by atoms with Gasteiger partial charge in [0.05, 0.1) is 18.9 Å². The molecule has 0 unspecified atom stereocenters. The van der Waals surface area contributed by atoms with Crippen molar-refractivity contribution in [3.05, 3.63) is 52.8 Å². The number of halogens is 1. The maximum Gasteiger partial charge on any atom is 0.335 e. The highest BCUT2D eigenvalue weighted by molar-refractivity contribution is 6.39. The molecular weight excluding hydrogens is 386 g/mol. The van der Waals surface area contributed by atoms with Crippen molar-refractivity contribution in [1.82, 2.24) is 5.32 Å². The van der Waals surface area contributed by atoms with E-state index in [0.29, 0.717) is 48.7 Å². The van der Waals surface area contributed by atoms with Crippen LogP contribution in [0.5, 0.6) is 0 Å². The number of furan rings is 1. The minimum absolute atomic E-state index is 0.197. The van der Waals surface area contributed by atoms with Gasteiger partial charge in [-0.2, -0.15) is 0 Å². The van der Waals surface area contributed by atoms with Crippen LogP contribution in [0.15, 0.2) is 46.4 Å². The molecule has 2 fully saturated rings. The number of urea groups is 1. The molecule has 2 saturated heterocycles. The lowest BCUT2D eigenvalue weighted by molar-refractivity contribution is -0.122. The summed E-state index contributed by atoms with van der Waals surface area (Å²) in [6, 6.07) is 8.78. The van der Waals surface area contributed by atoms with Crippen molar-refractivity contribution < 1.29 is 23.5 Å². The number of barbiturate groups is 1. The Labute approximate surface area is 165 Å². The molecule has 1 N–H and O–H groups in total. The number of rotatable bonds is 3. The van der Waals surface area contributed by atoms with Crippen molar-refractivity contribution in [3.63, 3.8) is 0 Å². The van der Waals surface area contributed by atoms with E-state index in [2.05, 4.69) is 5.32 Å². The minimum atomic E-state index is -0.817. The Bertz CT molecular complexity index is 960. The van der Waals surface area contributed by atoms with Crippen LogP contribution in [0.4, 0.5) is 16.4 Å². The van der Waals surface area contributed by atoms with Crippen LogP contribution in [0.3, 0.4) is 0 Å². The van der Waals surface area contributed by atoms with Gasteiger partial charge in [0.25, 0.3) is 11.8 Å². The molecule has 3 heterocycles. The zero-order valence-corrected chi connectivity index (χ0v) is 15.4. The molecule has 2 aromatic rings. The van der Waals surface area contributed by atoms with Gasteiger partial charge in [0.1, 0.15) is 11.3 Å². The molecule has 1 aromatic carbocycles. The van der Waals surface area contributed by atoms with Crippen LogP contribution < -0.4 is 15.1 Å². The molecule has 0 saturated carbocycles. The lowest BCUT2D eigenvalue weighted by atomic mass is 10.1. The molecule has 9 heteroatoms. The van der Waals surface area contributed by atoms with Crippen LogP contribution in [0, 0.1) is 0 Å². The zero-order chi connectivity index (χ0) is 19.7. The number of carbonyl (C=O) groups excluding carboxylic acids is 3. The summed E-state index contributed by atoms with van der Waals surface area (Å²) in [5, 5.41) is 2.64. The van der Waals surface area contributed by atoms with Gasteiger partial charge in [-0.1, -0.05) is 11.6 Å². The summed E-state index contributed by atoms with van der Waals surface area (Å²) in [4.78, 5) is 40.1. The third-order valence-electron chi connectivity index (χ3n) is 4.41. The molecule has 0 atom stereocenters. The number of amides is 4. The Morgan fingerprint density at radius 2 is 1.71 bits per heavy atom. The lowest BCUT2D eigenvalue weighted by Crippen LogP contribution is -2.54. The van der Waals surface area contributed by atoms with E-state index in [1.54, 1.807) is 24.3 Å². The molecule has 0 bridgehead atoms. The van der Waals surface area contributed by atoms with Crippen LogP contribution in [-0.2, 0) is 14.3 Å². The van der Waals surface area contributed by atoms with Gasteiger partial charge >= 0.3 is 6.03 Å². The first-order valence-electron chi connectivity index (χ1n) is 8.62. The number of hydrogen-bond acceptors (Lipinski definition) is 6. The summed E-state index contributed by atoms with van der Waals surface area (Å²) >= 11 is 5.86. The second-order valence-electron chi connectivity index (χ2n) is 6.21. The van der Waals surface area contributed by atoms with Crippen LogP contribution in [0.2, 0.25) is 5.02 Å². The number of morpholine rings is 1. The van der Waals surface area contributed by atoms with Crippen molar-refractivity contribution >= 4 is 47.1 Å². The van der Waals surface area contributed by atoms with Crippen molar-refractivity contribution in [2.75, 3.05) is 36.1 Å². The molecule has 1 aromatic heterocycles. The lowest BCUT2D eigenvalue weighted by Gasteiger charge is -2.26. The van der Waals surface area contributed by atoms with E-state index in [9.17, 15) is 14.4 Å². The standard InChI is InChI=1S/C19H16ClN3O5/c20-12-1-3-13(4-2-12)23-18(25)15(17(24)21-19(23)26)11-14-5-6-16(28-14)22-7-9-27-10-8-22/h1-6,11H,7-10H2,(H,21,24,26). The van der Waals surface area contributed by atoms with Crippen molar-refractivity contribution in [3.8, 4) is 0 Å². The van der Waals surface area contributed by atoms with Gasteiger partial charge in [-0.15, -0.1) is 0 Å². The predicted molar refractivity (Wildman–Crippen MR) is 102 cm³/mol. The monoisotopic (exact) mass is 401 g/mol. The van der Waals surface area contributed by atoms with Crippen LogP contribution >= 0.6 is 11.6 Å². The fraction of sp³-hybridized carbons (Fsp3) is 0.211. The van der Waals surface area contributed by atoms with Gasteiger partial charge in [0.15, 0.2) is 5.88 Å². The summed E-state index contributed by atoms with van der Waals surface area (Å²) in [5.41, 5.74) is 0.108. The Balaban J connectivity index is 1.61. The number of anilines is 2. The number of imide groups is 2. The Kier molecular flexibility index (Phi) is 4.89. The Morgan fingerprint density at radius 1 is 1.00 bits per heavy atom. The quantitative estimate of drug-likeness (QED) is 0.627. The largest absolute Gasteiger partial charge is 0.441 e. The van der Waals surface area contributed by atoms with E-state index in [1.807, 2.05) is 4.90 Å². The van der Waals surface area contributed by atoms with Gasteiger partial charge in [0, 0.05) is 24.2 Å². The average Bonchev–Trinajstić information content (AvgIpc) is 3.16. The fourth-order valence-corrected chi connectivity index (χ4v) is 3.12. The highest BCUT2D eigenvalue weighted by Crippen LogP contribution is 2.25. The Hall–Kier alpha value is -3.10. The fourth-order valence-electron chi connectivity index (χ4n) is 3.00. The number of benzene rings is 1. The molecule has 8 nitrogen and oxygen atoms in total. The number of carbonyl (C=O) groups is 3. The third kappa shape index (κ3) is 3.51. The molecule has 4 amide bonds. The highest BCUT2D eigenvalue weighted by atomic mass is 35.5. The first-order chi connectivity index (χ1) is 13.5. The van der Waals surface area contributed by atoms with Crippen molar-refractivity contribution in [2.45, 2.75) is 0 Å². The normalized spacial score (nSPS) is 19.3. The molecular formula is C19H16ClN3O5. The number of nitrogens with zero attached hydrogens (tertiary/aromatic N) is 2. The molecule has 0 radical (unpaired) electrons. The summed E-state index contributed by atoms with van der Waals surface area (Å²) in [6.45, 7) is 2.61. The topological polar surface area (TPSA) is 92.1 Å². The van der Waals surface area contributed by atoms with E-state index < -0.39 is 17.8 Å². The number of ether oxygens (including phenoxy) is 1. The van der Waals surface area contributed by atoms with Crippen LogP contribution in [0.1, 0.15) is 5.76 Å². The summed E-state index contributed by atoms with van der Waals surface area (Å²) in [7, 11) is 0. The summed E-state index contributed by atoms with van der Waals surface area (Å²) in [5.74, 6) is -0.542. The Morgan fingerprint density at radius 3 is 2.43 bits per heavy atom. The summed E-state index contributed by atoms with van der Waals surface area (Å²) in [6.07, 6.45) is 1.33. The van der Waals surface area contributed by atoms with Gasteiger partial charge in [-0.05, 0) is 36.4 Å². The molecule has 2 aliphatic heterocycles. The maximum atomic E-state index is 12.8. The van der Waals surface area contributed by atoms with E-state index >= 15 is 0 Å². The van der Waals surface area contributed by atoms with Crippen molar-refractivity contribution in [1.29, 1.82) is 0 Å². The van der Waals surface area contributed by atoms with Gasteiger partial charge in [-0.3, -0.25) is 14.9 Å². The van der Waals surface area contributed by atoms with Gasteiger partial charge in [-0.25, -0.2) is 9.69 Å². The third-order valence-corrected chi connectivity index (χ3v) is 4.66. The molecule has 0 spiro atoms. The zero-order valence-electron chi connectivity index (χ0n) is 14.7. The van der Waals surface area contributed by atoms with Crippen molar-refractivity contribution in [2.24, 2.45) is 0 Å². The van der Waals surface area contributed by atoms with Gasteiger partial charge < -0.3 is 14.1 Å². The molecule has 4 rings (SSSR count). The average molecular weight is 402 g/mol. The summed E-state index contributed by atoms with van der Waals surface area (Å²) < 4.78 is 11.1. The maximum absolute atomic E-state index is 12.8. The van der Waals surface area contributed by atoms with E-state index in [1.165, 1.54) is 18.2 Å². The SMILES string of the molecule is O=C1NC(=O)N(c2ccc(Cl)cc2)C(=O)C1=Cc1ccc(N2CCOCC2)o1. The second-order valence-corrected chi connectivity index (χ2v) is 6.65. The molecule has 0 aliphatic carbocycles. The first kappa shape index (κ1) is 18.3. The molecule has 144 valence electrons. The van der Waals surface area contributed by atoms with Crippen LogP contribution in [0.25, 0.3) is 6.08 Å². The van der Waals surface area contributed by atoms with E-state index in [-0.39, 0.29) is 5.57 Å². The van der Waals surface area contributed by atoms with E-state index in [4.69, 9.17) is 20.8 Å². The smallest absolute Gasteiger partial charge is 0.335 e. The highest BCUT2D eigenvalue weighted by Gasteiger charge is 2.37. The molecule has 28 heavy (non-hydrogen) atoms. The first-order valence-corrected chi connectivity index (χ1v) is 9.00. The van der Waals surface area contributed by atoms with E-state index in [0.717, 1.165) is 4.90 Å².